The van der Waals surface area contributed by atoms with Crippen molar-refractivity contribution in [2.45, 2.75) is 51.2 Å². The summed E-state index contributed by atoms with van der Waals surface area (Å²) in [5.41, 5.74) is 4.42. The number of halogens is 1. The third-order valence-corrected chi connectivity index (χ3v) is 5.82. The van der Waals surface area contributed by atoms with Crippen LogP contribution < -0.4 is 5.32 Å². The van der Waals surface area contributed by atoms with Gasteiger partial charge in [-0.3, -0.25) is 4.68 Å². The van der Waals surface area contributed by atoms with E-state index in [1.165, 1.54) is 12.0 Å². The van der Waals surface area contributed by atoms with Crippen LogP contribution in [0.1, 0.15) is 55.5 Å². The first kappa shape index (κ1) is 18.6. The molecule has 7 nitrogen and oxygen atoms in total. The van der Waals surface area contributed by atoms with Crippen LogP contribution in [0.15, 0.2) is 24.5 Å². The summed E-state index contributed by atoms with van der Waals surface area (Å²) in [6.07, 6.45) is 9.51. The molecule has 4 heterocycles. The molecule has 1 saturated heterocycles. The predicted octanol–water partition coefficient (Wildman–Crippen LogP) is 4.96. The Balaban J connectivity index is 1.51. The Hall–Kier alpha value is -2.38. The minimum absolute atomic E-state index is 0.0143. The number of hydrogen-bond acceptors (Lipinski definition) is 5. The largest absolute Gasteiger partial charge is 0.357 e. The van der Waals surface area contributed by atoms with Gasteiger partial charge in [-0.25, -0.2) is 9.67 Å². The monoisotopic (exact) mass is 412 g/mol. The molecule has 2 fully saturated rings. The normalized spacial score (nSPS) is 19.5. The minimum Gasteiger partial charge on any atom is -0.357 e. The van der Waals surface area contributed by atoms with Gasteiger partial charge in [-0.05, 0) is 56.6 Å². The molecule has 0 bridgehead atoms. The summed E-state index contributed by atoms with van der Waals surface area (Å²) in [5.74, 6) is 2.04. The first-order chi connectivity index (χ1) is 14.1. The lowest BCUT2D eigenvalue weighted by molar-refractivity contribution is -0.0404. The summed E-state index contributed by atoms with van der Waals surface area (Å²) in [4.78, 5) is 4.62. The number of hydrogen-bond donors (Lipinski definition) is 1. The molecule has 29 heavy (non-hydrogen) atoms. The van der Waals surface area contributed by atoms with E-state index < -0.39 is 0 Å². The van der Waals surface area contributed by atoms with Gasteiger partial charge in [-0.2, -0.15) is 10.2 Å². The molecule has 0 aromatic carbocycles. The van der Waals surface area contributed by atoms with E-state index in [1.54, 1.807) is 0 Å². The molecule has 8 heteroatoms. The SMILES string of the molecule is Cc1cc(Nc2nc(Cl)cc(-c3cnn(C)c3)c2C2CC2)nn1C1CCCCO1. The summed E-state index contributed by atoms with van der Waals surface area (Å²) in [5, 5.41) is 13.0. The second-order valence-corrected chi connectivity index (χ2v) is 8.38. The summed E-state index contributed by atoms with van der Waals surface area (Å²) in [7, 11) is 1.92. The van der Waals surface area contributed by atoms with Gasteiger partial charge in [0.1, 0.15) is 11.0 Å². The zero-order valence-electron chi connectivity index (χ0n) is 16.7. The summed E-state index contributed by atoms with van der Waals surface area (Å²) >= 11 is 6.40. The van der Waals surface area contributed by atoms with E-state index in [1.807, 2.05) is 40.9 Å². The maximum Gasteiger partial charge on any atom is 0.153 e. The fraction of sp³-hybridized carbons (Fsp3) is 0.476. The molecule has 0 spiro atoms. The zero-order valence-corrected chi connectivity index (χ0v) is 17.5. The molecule has 1 atom stereocenters. The number of aryl methyl sites for hydroxylation is 2. The van der Waals surface area contributed by atoms with E-state index in [4.69, 9.17) is 21.4 Å². The Morgan fingerprint density at radius 1 is 1.21 bits per heavy atom. The number of nitrogens with zero attached hydrogens (tertiary/aromatic N) is 5. The first-order valence-electron chi connectivity index (χ1n) is 10.2. The first-order valence-corrected chi connectivity index (χ1v) is 10.6. The van der Waals surface area contributed by atoms with Crippen molar-refractivity contribution >= 4 is 23.2 Å². The Morgan fingerprint density at radius 2 is 2.07 bits per heavy atom. The van der Waals surface area contributed by atoms with Crippen molar-refractivity contribution < 1.29 is 4.74 Å². The topological polar surface area (TPSA) is 69.8 Å². The molecule has 1 aliphatic heterocycles. The zero-order chi connectivity index (χ0) is 20.0. The third-order valence-electron chi connectivity index (χ3n) is 5.63. The molecule has 3 aromatic rings. The standard InChI is InChI=1S/C21H25ClN6O/c1-13-9-18(26-28(13)19-5-3-4-8-29-19)25-21-20(14-6-7-14)16(10-17(22)24-21)15-11-23-27(2)12-15/h9-12,14,19H,3-8H2,1-2H3,(H,24,25,26). The van der Waals surface area contributed by atoms with Crippen LogP contribution in [0.2, 0.25) is 5.15 Å². The lowest BCUT2D eigenvalue weighted by Crippen LogP contribution is -2.20. The maximum absolute atomic E-state index is 6.40. The molecule has 1 N–H and O–H groups in total. The molecule has 152 valence electrons. The molecular weight excluding hydrogens is 388 g/mol. The van der Waals surface area contributed by atoms with Crippen molar-refractivity contribution in [2.75, 3.05) is 11.9 Å². The number of anilines is 2. The average Bonchev–Trinajstić information content (AvgIpc) is 3.34. The fourth-order valence-corrected chi connectivity index (χ4v) is 4.28. The second-order valence-electron chi connectivity index (χ2n) is 7.99. The Labute approximate surface area is 175 Å². The van der Waals surface area contributed by atoms with E-state index in [-0.39, 0.29) is 6.23 Å². The lowest BCUT2D eigenvalue weighted by Gasteiger charge is -2.23. The van der Waals surface area contributed by atoms with Crippen LogP contribution in [0.4, 0.5) is 11.6 Å². The number of aromatic nitrogens is 5. The van der Waals surface area contributed by atoms with E-state index in [0.29, 0.717) is 11.1 Å². The molecule has 2 aliphatic rings. The summed E-state index contributed by atoms with van der Waals surface area (Å²) in [6, 6.07) is 3.98. The highest BCUT2D eigenvalue weighted by atomic mass is 35.5. The van der Waals surface area contributed by atoms with Crippen molar-refractivity contribution in [3.05, 3.63) is 40.9 Å². The smallest absolute Gasteiger partial charge is 0.153 e. The number of pyridine rings is 1. The Kier molecular flexibility index (Phi) is 4.80. The van der Waals surface area contributed by atoms with Gasteiger partial charge in [0.25, 0.3) is 0 Å². The van der Waals surface area contributed by atoms with Gasteiger partial charge >= 0.3 is 0 Å². The lowest BCUT2D eigenvalue weighted by atomic mass is 10.00. The predicted molar refractivity (Wildman–Crippen MR) is 113 cm³/mol. The van der Waals surface area contributed by atoms with Crippen molar-refractivity contribution in [3.8, 4) is 11.1 Å². The van der Waals surface area contributed by atoms with Gasteiger partial charge in [-0.1, -0.05) is 11.6 Å². The van der Waals surface area contributed by atoms with E-state index >= 15 is 0 Å². The van der Waals surface area contributed by atoms with Gasteiger partial charge in [0.05, 0.1) is 6.20 Å². The molecule has 1 aliphatic carbocycles. The summed E-state index contributed by atoms with van der Waals surface area (Å²) < 4.78 is 9.69. The summed E-state index contributed by atoms with van der Waals surface area (Å²) in [6.45, 7) is 2.85. The van der Waals surface area contributed by atoms with Gasteiger partial charge in [0.15, 0.2) is 12.0 Å². The van der Waals surface area contributed by atoms with Gasteiger partial charge in [0, 0.05) is 42.7 Å². The van der Waals surface area contributed by atoms with Crippen LogP contribution in [0, 0.1) is 6.92 Å². The van der Waals surface area contributed by atoms with Crippen LogP contribution >= 0.6 is 11.6 Å². The third kappa shape index (κ3) is 3.76. The van der Waals surface area contributed by atoms with Crippen LogP contribution in [0.5, 0.6) is 0 Å². The van der Waals surface area contributed by atoms with Crippen molar-refractivity contribution in [2.24, 2.45) is 7.05 Å². The molecular formula is C21H25ClN6O. The molecule has 0 amide bonds. The highest BCUT2D eigenvalue weighted by molar-refractivity contribution is 6.29. The van der Waals surface area contributed by atoms with Gasteiger partial charge < -0.3 is 10.1 Å². The molecule has 1 saturated carbocycles. The maximum atomic E-state index is 6.40. The average molecular weight is 413 g/mol. The number of rotatable bonds is 5. The van der Waals surface area contributed by atoms with Crippen LogP contribution in [0.25, 0.3) is 11.1 Å². The van der Waals surface area contributed by atoms with Crippen LogP contribution in [-0.4, -0.2) is 31.2 Å². The second kappa shape index (κ2) is 7.46. The van der Waals surface area contributed by atoms with E-state index in [2.05, 4.69) is 22.3 Å². The fourth-order valence-electron chi connectivity index (χ4n) is 4.08. The molecule has 5 rings (SSSR count). The quantitative estimate of drug-likeness (QED) is 0.599. The van der Waals surface area contributed by atoms with Crippen LogP contribution in [-0.2, 0) is 11.8 Å². The van der Waals surface area contributed by atoms with Crippen molar-refractivity contribution in [3.63, 3.8) is 0 Å². The minimum atomic E-state index is 0.0143. The molecule has 1 unspecified atom stereocenters. The van der Waals surface area contributed by atoms with E-state index in [0.717, 1.165) is 60.7 Å². The number of nitrogens with one attached hydrogen (secondary N) is 1. The van der Waals surface area contributed by atoms with Gasteiger partial charge in [-0.15, -0.1) is 0 Å². The molecule has 0 radical (unpaired) electrons. The highest BCUT2D eigenvalue weighted by Crippen LogP contribution is 2.48. The Bertz CT molecular complexity index is 1030. The molecule has 3 aromatic heterocycles. The highest BCUT2D eigenvalue weighted by Gasteiger charge is 2.31. The van der Waals surface area contributed by atoms with Gasteiger partial charge in [0.2, 0.25) is 0 Å². The van der Waals surface area contributed by atoms with Crippen molar-refractivity contribution in [1.29, 1.82) is 0 Å². The Morgan fingerprint density at radius 3 is 2.76 bits per heavy atom. The number of ether oxygens (including phenoxy) is 1. The van der Waals surface area contributed by atoms with Crippen molar-refractivity contribution in [1.82, 2.24) is 24.5 Å². The van der Waals surface area contributed by atoms with E-state index in [9.17, 15) is 0 Å². The van der Waals surface area contributed by atoms with Crippen LogP contribution in [0.3, 0.4) is 0 Å².